The first-order valence-electron chi connectivity index (χ1n) is 11.6. The second-order valence-electron chi connectivity index (χ2n) is 9.67. The van der Waals surface area contributed by atoms with Gasteiger partial charge in [-0.25, -0.2) is 14.4 Å². The van der Waals surface area contributed by atoms with Gasteiger partial charge in [-0.15, -0.1) is 0 Å². The molecule has 2 unspecified atom stereocenters. The summed E-state index contributed by atoms with van der Waals surface area (Å²) in [5.41, 5.74) is 3.05. The molecular weight excluding hydrogens is 421 g/mol. The van der Waals surface area contributed by atoms with E-state index in [1.165, 1.54) is 6.07 Å². The topological polar surface area (TPSA) is 115 Å². The molecule has 7 nitrogen and oxygen atoms in total. The van der Waals surface area contributed by atoms with E-state index in [1.54, 1.807) is 6.20 Å². The summed E-state index contributed by atoms with van der Waals surface area (Å²) in [6.07, 6.45) is 8.86. The monoisotopic (exact) mass is 445 g/mol. The molecule has 0 aromatic carbocycles. The number of carboxylic acid groups (broad SMARTS) is 1. The molecule has 4 fully saturated rings. The minimum absolute atomic E-state index is 0.183. The average molecular weight is 445 g/mol. The predicted octanol–water partition coefficient (Wildman–Crippen LogP) is 4.81. The highest BCUT2D eigenvalue weighted by Gasteiger charge is 2.47. The summed E-state index contributed by atoms with van der Waals surface area (Å²) in [4.78, 5) is 24.1. The van der Waals surface area contributed by atoms with E-state index in [1.807, 2.05) is 6.07 Å². The highest BCUT2D eigenvalue weighted by molar-refractivity contribution is 5.94. The lowest BCUT2D eigenvalue weighted by Crippen LogP contribution is -2.51. The van der Waals surface area contributed by atoms with E-state index in [4.69, 9.17) is 4.98 Å². The fraction of sp³-hybridized carbons (Fsp3) is 0.440. The highest BCUT2D eigenvalue weighted by Crippen LogP contribution is 2.48. The number of carbonyl (C=O) groups is 1. The van der Waals surface area contributed by atoms with Crippen LogP contribution in [0.1, 0.15) is 55.6 Å². The number of hydrogen-bond donors (Lipinski definition) is 3. The van der Waals surface area contributed by atoms with Crippen molar-refractivity contribution >= 4 is 22.8 Å². The molecule has 3 N–H and O–H groups in total. The van der Waals surface area contributed by atoms with Crippen LogP contribution in [0.3, 0.4) is 0 Å². The maximum absolute atomic E-state index is 14.0. The van der Waals surface area contributed by atoms with Crippen LogP contribution in [-0.2, 0) is 4.79 Å². The average Bonchev–Trinajstić information content (AvgIpc) is 3.58. The standard InChI is InChI=1S/C25H24FN5O2/c26-15-7-17-19(11-29-24(17)28-10-15)23-18(9-27)16(12-1-2-12)8-20(31-23)30-22-14-5-3-13(4-6-14)21(22)25(32)33/h7-8,10-14,21-22H,1-6H2,(H,28,29)(H,30,31)(H,32,33). The van der Waals surface area contributed by atoms with E-state index in [-0.39, 0.29) is 12.0 Å². The van der Waals surface area contributed by atoms with Crippen LogP contribution in [0.15, 0.2) is 24.5 Å². The van der Waals surface area contributed by atoms with Crippen LogP contribution in [0.25, 0.3) is 22.3 Å². The van der Waals surface area contributed by atoms with Crippen molar-refractivity contribution in [3.63, 3.8) is 0 Å². The first-order valence-corrected chi connectivity index (χ1v) is 11.6. The van der Waals surface area contributed by atoms with Crippen molar-refractivity contribution in [3.8, 4) is 17.3 Å². The van der Waals surface area contributed by atoms with Crippen LogP contribution in [0.4, 0.5) is 10.2 Å². The Morgan fingerprint density at radius 2 is 1.94 bits per heavy atom. The number of rotatable bonds is 5. The largest absolute Gasteiger partial charge is 0.481 e. The maximum Gasteiger partial charge on any atom is 0.308 e. The number of aromatic amines is 1. The van der Waals surface area contributed by atoms with Crippen LogP contribution in [0, 0.1) is 34.9 Å². The van der Waals surface area contributed by atoms with Gasteiger partial charge in [-0.3, -0.25) is 4.79 Å². The quantitative estimate of drug-likeness (QED) is 0.519. The maximum atomic E-state index is 14.0. The Balaban J connectivity index is 1.47. The smallest absolute Gasteiger partial charge is 0.308 e. The van der Waals surface area contributed by atoms with E-state index in [2.05, 4.69) is 21.4 Å². The number of aromatic nitrogens is 3. The van der Waals surface area contributed by atoms with Crippen molar-refractivity contribution in [2.24, 2.45) is 17.8 Å². The number of fused-ring (bicyclic) bond motifs is 4. The molecule has 3 heterocycles. The Morgan fingerprint density at radius 1 is 1.18 bits per heavy atom. The van der Waals surface area contributed by atoms with Crippen molar-refractivity contribution in [2.75, 3.05) is 5.32 Å². The van der Waals surface area contributed by atoms with E-state index >= 15 is 0 Å². The fourth-order valence-corrected chi connectivity index (χ4v) is 6.02. The normalized spacial score (nSPS) is 26.3. The van der Waals surface area contributed by atoms with Gasteiger partial charge in [0.2, 0.25) is 0 Å². The molecular formula is C25H24FN5O2. The molecule has 4 saturated carbocycles. The third-order valence-corrected chi connectivity index (χ3v) is 7.75. The summed E-state index contributed by atoms with van der Waals surface area (Å²) < 4.78 is 14.0. The molecule has 4 aliphatic rings. The lowest BCUT2D eigenvalue weighted by Gasteiger charge is -2.47. The number of nitrogens with one attached hydrogen (secondary N) is 2. The molecule has 2 atom stereocenters. The number of hydrogen-bond acceptors (Lipinski definition) is 5. The Bertz CT molecular complexity index is 1300. The van der Waals surface area contributed by atoms with Gasteiger partial charge in [0.25, 0.3) is 0 Å². The van der Waals surface area contributed by atoms with Gasteiger partial charge < -0.3 is 15.4 Å². The molecule has 168 valence electrons. The number of pyridine rings is 2. The summed E-state index contributed by atoms with van der Waals surface area (Å²) in [7, 11) is 0. The molecule has 3 aromatic heterocycles. The molecule has 3 aromatic rings. The summed E-state index contributed by atoms with van der Waals surface area (Å²) in [6, 6.07) is 5.47. The Labute approximate surface area is 190 Å². The molecule has 8 heteroatoms. The van der Waals surface area contributed by atoms with Crippen LogP contribution in [0.2, 0.25) is 0 Å². The van der Waals surface area contributed by atoms with Gasteiger partial charge >= 0.3 is 5.97 Å². The van der Waals surface area contributed by atoms with Crippen molar-refractivity contribution in [1.29, 1.82) is 5.26 Å². The van der Waals surface area contributed by atoms with Crippen LogP contribution >= 0.6 is 0 Å². The zero-order chi connectivity index (χ0) is 22.7. The number of H-pyrrole nitrogens is 1. The van der Waals surface area contributed by atoms with Crippen LogP contribution < -0.4 is 5.32 Å². The molecule has 0 spiro atoms. The van der Waals surface area contributed by atoms with Crippen molar-refractivity contribution in [1.82, 2.24) is 15.0 Å². The third kappa shape index (κ3) is 3.34. The van der Waals surface area contributed by atoms with Gasteiger partial charge in [0.15, 0.2) is 0 Å². The van der Waals surface area contributed by atoms with Crippen LogP contribution in [-0.4, -0.2) is 32.1 Å². The summed E-state index contributed by atoms with van der Waals surface area (Å²) >= 11 is 0. The SMILES string of the molecule is N#Cc1c(C2CC2)cc(NC2C3CCC(CC3)C2C(=O)O)nc1-c1c[nH]c2ncc(F)cc12. The Kier molecular flexibility index (Phi) is 4.61. The fourth-order valence-electron chi connectivity index (χ4n) is 6.02. The van der Waals surface area contributed by atoms with Gasteiger partial charge in [-0.2, -0.15) is 5.26 Å². The first kappa shape index (κ1) is 20.2. The van der Waals surface area contributed by atoms with Crippen molar-refractivity contribution in [3.05, 3.63) is 41.5 Å². The number of nitrogens with zero attached hydrogens (tertiary/aromatic N) is 3. The van der Waals surface area contributed by atoms with Gasteiger partial charge in [0.05, 0.1) is 23.4 Å². The molecule has 0 amide bonds. The van der Waals surface area contributed by atoms with Gasteiger partial charge in [-0.1, -0.05) is 0 Å². The Morgan fingerprint density at radius 3 is 2.64 bits per heavy atom. The predicted molar refractivity (Wildman–Crippen MR) is 120 cm³/mol. The second-order valence-corrected chi connectivity index (χ2v) is 9.67. The van der Waals surface area contributed by atoms with Crippen LogP contribution in [0.5, 0.6) is 0 Å². The molecule has 7 rings (SSSR count). The lowest BCUT2D eigenvalue weighted by atomic mass is 9.61. The minimum Gasteiger partial charge on any atom is -0.481 e. The highest BCUT2D eigenvalue weighted by atomic mass is 19.1. The molecule has 2 bridgehead atoms. The molecule has 4 aliphatic carbocycles. The van der Waals surface area contributed by atoms with E-state index in [0.29, 0.717) is 45.5 Å². The Hall–Kier alpha value is -3.47. The second kappa shape index (κ2) is 7.55. The molecule has 0 aliphatic heterocycles. The number of nitriles is 1. The summed E-state index contributed by atoms with van der Waals surface area (Å²) in [5, 5.41) is 24.0. The zero-order valence-electron chi connectivity index (χ0n) is 18.0. The van der Waals surface area contributed by atoms with E-state index < -0.39 is 17.7 Å². The third-order valence-electron chi connectivity index (χ3n) is 7.75. The molecule has 0 radical (unpaired) electrons. The van der Waals surface area contributed by atoms with Gasteiger partial charge in [0.1, 0.15) is 23.4 Å². The zero-order valence-corrected chi connectivity index (χ0v) is 18.0. The van der Waals surface area contributed by atoms with E-state index in [0.717, 1.165) is 50.3 Å². The molecule has 0 saturated heterocycles. The molecule has 33 heavy (non-hydrogen) atoms. The van der Waals surface area contributed by atoms with Gasteiger partial charge in [0, 0.05) is 23.2 Å². The first-order chi connectivity index (χ1) is 16.0. The lowest BCUT2D eigenvalue weighted by molar-refractivity contribution is -0.148. The van der Waals surface area contributed by atoms with Gasteiger partial charge in [-0.05, 0) is 74.0 Å². The number of halogens is 1. The number of aliphatic carboxylic acids is 1. The number of anilines is 1. The van der Waals surface area contributed by atoms with E-state index in [9.17, 15) is 19.6 Å². The van der Waals surface area contributed by atoms with Crippen molar-refractivity contribution < 1.29 is 14.3 Å². The number of carboxylic acids is 1. The summed E-state index contributed by atoms with van der Waals surface area (Å²) in [5.74, 6) is -0.277. The minimum atomic E-state index is -0.753. The summed E-state index contributed by atoms with van der Waals surface area (Å²) in [6.45, 7) is 0. The van der Waals surface area contributed by atoms with Crippen molar-refractivity contribution in [2.45, 2.75) is 50.5 Å².